The summed E-state index contributed by atoms with van der Waals surface area (Å²) in [5.41, 5.74) is 4.18. The molecule has 2 aromatic heterocycles. The Labute approximate surface area is 139 Å². The molecule has 4 aromatic rings. The van der Waals surface area contributed by atoms with Crippen molar-refractivity contribution in [1.29, 1.82) is 0 Å². The highest BCUT2D eigenvalue weighted by molar-refractivity contribution is 6.05. The van der Waals surface area contributed by atoms with Gasteiger partial charge in [-0.05, 0) is 61.5 Å². The number of aromatic nitrogens is 3. The summed E-state index contributed by atoms with van der Waals surface area (Å²) in [5, 5.41) is 2.92. The van der Waals surface area contributed by atoms with Crippen molar-refractivity contribution in [3.8, 4) is 5.69 Å². The number of imidazole rings is 1. The molecule has 4 rings (SSSR count). The third kappa shape index (κ3) is 2.67. The lowest BCUT2D eigenvalue weighted by molar-refractivity contribution is 0.102. The number of benzene rings is 2. The average Bonchev–Trinajstić information content (AvgIpc) is 3.23. The molecular formula is C19H16N4O. The van der Waals surface area contributed by atoms with Crippen molar-refractivity contribution in [2.75, 3.05) is 5.32 Å². The first kappa shape index (κ1) is 14.3. The number of H-pyrrole nitrogens is 1. The Bertz CT molecular complexity index is 998. The number of carbonyl (C=O) groups is 1. The smallest absolute Gasteiger partial charge is 0.255 e. The molecule has 2 heterocycles. The molecule has 2 N–H and O–H groups in total. The van der Waals surface area contributed by atoms with Crippen LogP contribution in [0, 0.1) is 6.92 Å². The first-order valence-electron chi connectivity index (χ1n) is 7.70. The minimum absolute atomic E-state index is 0.135. The van der Waals surface area contributed by atoms with Crippen LogP contribution in [-0.2, 0) is 0 Å². The van der Waals surface area contributed by atoms with Crippen LogP contribution in [-0.4, -0.2) is 20.4 Å². The number of nitrogens with zero attached hydrogens (tertiary/aromatic N) is 2. The second-order valence-electron chi connectivity index (χ2n) is 5.65. The van der Waals surface area contributed by atoms with Gasteiger partial charge < -0.3 is 14.9 Å². The molecule has 5 heteroatoms. The van der Waals surface area contributed by atoms with E-state index in [2.05, 4.69) is 15.3 Å². The molecule has 0 atom stereocenters. The van der Waals surface area contributed by atoms with Gasteiger partial charge in [0.15, 0.2) is 0 Å². The van der Waals surface area contributed by atoms with E-state index in [1.807, 2.05) is 78.5 Å². The van der Waals surface area contributed by atoms with E-state index in [0.717, 1.165) is 28.2 Å². The fraction of sp³-hybridized carbons (Fsp3) is 0.0526. The SMILES string of the molecule is Cc1nc2ccc(NC(=O)c3ccc(-n4cccc4)cc3)cc2[nH]1. The molecule has 0 saturated carbocycles. The van der Waals surface area contributed by atoms with Crippen LogP contribution in [0.2, 0.25) is 0 Å². The predicted molar refractivity (Wildman–Crippen MR) is 94.6 cm³/mol. The molecule has 0 aliphatic carbocycles. The number of anilines is 1. The summed E-state index contributed by atoms with van der Waals surface area (Å²) in [7, 11) is 0. The van der Waals surface area contributed by atoms with Gasteiger partial charge in [0.2, 0.25) is 0 Å². The molecule has 5 nitrogen and oxygen atoms in total. The van der Waals surface area contributed by atoms with Crippen LogP contribution in [0.5, 0.6) is 0 Å². The van der Waals surface area contributed by atoms with Crippen LogP contribution < -0.4 is 5.32 Å². The van der Waals surface area contributed by atoms with Crippen molar-refractivity contribution in [3.05, 3.63) is 78.4 Å². The molecule has 1 amide bonds. The van der Waals surface area contributed by atoms with Crippen LogP contribution in [0.1, 0.15) is 16.2 Å². The van der Waals surface area contributed by atoms with Crippen molar-refractivity contribution in [2.24, 2.45) is 0 Å². The van der Waals surface area contributed by atoms with Gasteiger partial charge in [-0.1, -0.05) is 0 Å². The Morgan fingerprint density at radius 3 is 2.58 bits per heavy atom. The summed E-state index contributed by atoms with van der Waals surface area (Å²) < 4.78 is 2.00. The molecule has 2 aromatic carbocycles. The largest absolute Gasteiger partial charge is 0.342 e. The first-order chi connectivity index (χ1) is 11.7. The molecule has 0 aliphatic rings. The molecule has 0 bridgehead atoms. The lowest BCUT2D eigenvalue weighted by Crippen LogP contribution is -2.11. The Hall–Kier alpha value is -3.34. The molecule has 24 heavy (non-hydrogen) atoms. The quantitative estimate of drug-likeness (QED) is 0.602. The van der Waals surface area contributed by atoms with E-state index in [4.69, 9.17) is 0 Å². The van der Waals surface area contributed by atoms with Crippen LogP contribution in [0.4, 0.5) is 5.69 Å². The van der Waals surface area contributed by atoms with Gasteiger partial charge in [-0.3, -0.25) is 4.79 Å². The predicted octanol–water partition coefficient (Wildman–Crippen LogP) is 3.91. The number of aromatic amines is 1. The van der Waals surface area contributed by atoms with E-state index in [1.54, 1.807) is 0 Å². The molecule has 0 radical (unpaired) electrons. The fourth-order valence-corrected chi connectivity index (χ4v) is 2.71. The van der Waals surface area contributed by atoms with E-state index in [9.17, 15) is 4.79 Å². The molecule has 0 fully saturated rings. The van der Waals surface area contributed by atoms with Gasteiger partial charge in [0.1, 0.15) is 5.82 Å². The van der Waals surface area contributed by atoms with E-state index in [-0.39, 0.29) is 5.91 Å². The van der Waals surface area contributed by atoms with E-state index >= 15 is 0 Å². The van der Waals surface area contributed by atoms with Crippen LogP contribution in [0.15, 0.2) is 67.0 Å². The Balaban J connectivity index is 1.54. The standard InChI is InChI=1S/C19H16N4O/c1-13-20-17-9-6-15(12-18(17)21-13)22-19(24)14-4-7-16(8-5-14)23-10-2-3-11-23/h2-12H,1H3,(H,20,21)(H,22,24). The topological polar surface area (TPSA) is 62.7 Å². The van der Waals surface area contributed by atoms with Gasteiger partial charge in [0.25, 0.3) is 5.91 Å². The summed E-state index contributed by atoms with van der Waals surface area (Å²) in [5.74, 6) is 0.721. The number of nitrogens with one attached hydrogen (secondary N) is 2. The third-order valence-corrected chi connectivity index (χ3v) is 3.89. The molecular weight excluding hydrogens is 300 g/mol. The normalized spacial score (nSPS) is 10.9. The number of hydrogen-bond donors (Lipinski definition) is 2. The maximum absolute atomic E-state index is 12.4. The number of amides is 1. The van der Waals surface area contributed by atoms with Crippen molar-refractivity contribution in [3.63, 3.8) is 0 Å². The lowest BCUT2D eigenvalue weighted by atomic mass is 10.2. The van der Waals surface area contributed by atoms with Gasteiger partial charge in [0.05, 0.1) is 11.0 Å². The molecule has 0 spiro atoms. The Kier molecular flexibility index (Phi) is 3.39. The van der Waals surface area contributed by atoms with Gasteiger partial charge in [-0.15, -0.1) is 0 Å². The Morgan fingerprint density at radius 1 is 1.08 bits per heavy atom. The Morgan fingerprint density at radius 2 is 1.83 bits per heavy atom. The zero-order chi connectivity index (χ0) is 16.5. The van der Waals surface area contributed by atoms with Crippen molar-refractivity contribution in [1.82, 2.24) is 14.5 Å². The number of hydrogen-bond acceptors (Lipinski definition) is 2. The number of aryl methyl sites for hydroxylation is 1. The van der Waals surface area contributed by atoms with Gasteiger partial charge in [-0.25, -0.2) is 4.98 Å². The minimum atomic E-state index is -0.135. The maximum Gasteiger partial charge on any atom is 0.255 e. The monoisotopic (exact) mass is 316 g/mol. The molecule has 0 unspecified atom stereocenters. The average molecular weight is 316 g/mol. The van der Waals surface area contributed by atoms with Crippen LogP contribution >= 0.6 is 0 Å². The molecule has 118 valence electrons. The summed E-state index contributed by atoms with van der Waals surface area (Å²) in [4.78, 5) is 19.9. The molecule has 0 aliphatic heterocycles. The highest BCUT2D eigenvalue weighted by atomic mass is 16.1. The number of fused-ring (bicyclic) bond motifs is 1. The zero-order valence-electron chi connectivity index (χ0n) is 13.2. The second-order valence-corrected chi connectivity index (χ2v) is 5.65. The van der Waals surface area contributed by atoms with E-state index in [1.165, 1.54) is 0 Å². The summed E-state index contributed by atoms with van der Waals surface area (Å²) >= 11 is 0. The van der Waals surface area contributed by atoms with E-state index < -0.39 is 0 Å². The van der Waals surface area contributed by atoms with Gasteiger partial charge in [-0.2, -0.15) is 0 Å². The lowest BCUT2D eigenvalue weighted by Gasteiger charge is -2.07. The first-order valence-corrected chi connectivity index (χ1v) is 7.70. The highest BCUT2D eigenvalue weighted by Crippen LogP contribution is 2.18. The maximum atomic E-state index is 12.4. The van der Waals surface area contributed by atoms with Crippen molar-refractivity contribution >= 4 is 22.6 Å². The highest BCUT2D eigenvalue weighted by Gasteiger charge is 2.08. The second kappa shape index (κ2) is 5.70. The zero-order valence-corrected chi connectivity index (χ0v) is 13.2. The summed E-state index contributed by atoms with van der Waals surface area (Å²) in [6, 6.07) is 17.1. The van der Waals surface area contributed by atoms with Crippen LogP contribution in [0.25, 0.3) is 16.7 Å². The van der Waals surface area contributed by atoms with Gasteiger partial charge in [0, 0.05) is 29.3 Å². The summed E-state index contributed by atoms with van der Waals surface area (Å²) in [6.45, 7) is 1.91. The minimum Gasteiger partial charge on any atom is -0.342 e. The third-order valence-electron chi connectivity index (χ3n) is 3.89. The van der Waals surface area contributed by atoms with Crippen LogP contribution in [0.3, 0.4) is 0 Å². The number of rotatable bonds is 3. The number of carbonyl (C=O) groups excluding carboxylic acids is 1. The van der Waals surface area contributed by atoms with E-state index in [0.29, 0.717) is 5.56 Å². The molecule has 0 saturated heterocycles. The van der Waals surface area contributed by atoms with Crippen molar-refractivity contribution < 1.29 is 4.79 Å². The fourth-order valence-electron chi connectivity index (χ4n) is 2.71. The summed E-state index contributed by atoms with van der Waals surface area (Å²) in [6.07, 6.45) is 3.94. The van der Waals surface area contributed by atoms with Crippen molar-refractivity contribution in [2.45, 2.75) is 6.92 Å². The van der Waals surface area contributed by atoms with Gasteiger partial charge >= 0.3 is 0 Å².